The van der Waals surface area contributed by atoms with Gasteiger partial charge in [0.05, 0.1) is 18.4 Å². The second-order valence-corrected chi connectivity index (χ2v) is 9.71. The summed E-state index contributed by atoms with van der Waals surface area (Å²) in [5, 5.41) is 14.1. The van der Waals surface area contributed by atoms with Crippen LogP contribution in [0.4, 0.5) is 11.4 Å². The zero-order valence-electron chi connectivity index (χ0n) is 20.8. The maximum atomic E-state index is 12.8. The Kier molecular flexibility index (Phi) is 7.20. The first-order valence-electron chi connectivity index (χ1n) is 12.7. The van der Waals surface area contributed by atoms with Crippen LogP contribution in [-0.4, -0.2) is 60.2 Å². The fourth-order valence-electron chi connectivity index (χ4n) is 5.45. The summed E-state index contributed by atoms with van der Waals surface area (Å²) in [4.78, 5) is 22.1. The number of nitrogens with one attached hydrogen (secondary N) is 1. The molecule has 7 heteroatoms. The largest absolute Gasteiger partial charge is 0.496 e. The highest BCUT2D eigenvalue weighted by molar-refractivity contribution is 6.06. The molecule has 3 heterocycles. The molecule has 2 aliphatic rings. The molecule has 1 amide bonds. The van der Waals surface area contributed by atoms with Crippen molar-refractivity contribution in [3.63, 3.8) is 0 Å². The van der Waals surface area contributed by atoms with Crippen LogP contribution >= 0.6 is 0 Å². The number of rotatable bonds is 6. The number of aromatic nitrogens is 1. The Balaban J connectivity index is 1.16. The number of ether oxygens (including phenoxy) is 1. The second-order valence-electron chi connectivity index (χ2n) is 9.71. The molecule has 188 valence electrons. The lowest BCUT2D eigenvalue weighted by atomic mass is 9.86. The van der Waals surface area contributed by atoms with Crippen LogP contribution in [-0.2, 0) is 5.60 Å². The molecule has 2 aromatic carbocycles. The summed E-state index contributed by atoms with van der Waals surface area (Å²) < 4.78 is 5.33. The Morgan fingerprint density at radius 2 is 1.75 bits per heavy atom. The summed E-state index contributed by atoms with van der Waals surface area (Å²) in [6.07, 6.45) is 5.37. The molecule has 0 bridgehead atoms. The van der Waals surface area contributed by atoms with Gasteiger partial charge in [0.15, 0.2) is 0 Å². The molecule has 0 unspecified atom stereocenters. The molecule has 0 spiro atoms. The average molecular weight is 487 g/mol. The average Bonchev–Trinajstić information content (AvgIpc) is 2.94. The lowest BCUT2D eigenvalue weighted by Gasteiger charge is -2.44. The predicted octanol–water partition coefficient (Wildman–Crippen LogP) is 4.29. The number of para-hydroxylation sites is 1. The molecular formula is C29H34N4O3. The summed E-state index contributed by atoms with van der Waals surface area (Å²) in [5.74, 6) is 0.378. The molecule has 36 heavy (non-hydrogen) atoms. The molecular weight excluding hydrogens is 452 g/mol. The smallest absolute Gasteiger partial charge is 0.259 e. The third-order valence-corrected chi connectivity index (χ3v) is 7.57. The molecule has 2 aliphatic heterocycles. The van der Waals surface area contributed by atoms with Gasteiger partial charge in [0.1, 0.15) is 11.4 Å². The number of pyridine rings is 1. The number of aliphatic hydroxyl groups is 1. The summed E-state index contributed by atoms with van der Waals surface area (Å²) >= 11 is 0. The topological polar surface area (TPSA) is 77.9 Å². The van der Waals surface area contributed by atoms with Crippen molar-refractivity contribution in [1.29, 1.82) is 0 Å². The van der Waals surface area contributed by atoms with Crippen molar-refractivity contribution < 1.29 is 14.6 Å². The van der Waals surface area contributed by atoms with Gasteiger partial charge in [0.2, 0.25) is 0 Å². The van der Waals surface area contributed by atoms with Crippen LogP contribution < -0.4 is 15.0 Å². The number of amides is 1. The van der Waals surface area contributed by atoms with Gasteiger partial charge in [0.25, 0.3) is 5.91 Å². The van der Waals surface area contributed by atoms with Crippen LogP contribution in [0, 0.1) is 0 Å². The molecule has 7 nitrogen and oxygen atoms in total. The van der Waals surface area contributed by atoms with E-state index in [0.717, 1.165) is 68.9 Å². The molecule has 2 saturated heterocycles. The Labute approximate surface area is 212 Å². The van der Waals surface area contributed by atoms with Gasteiger partial charge in [-0.05, 0) is 68.1 Å². The summed E-state index contributed by atoms with van der Waals surface area (Å²) in [6.45, 7) is 3.72. The van der Waals surface area contributed by atoms with Crippen molar-refractivity contribution in [1.82, 2.24) is 9.88 Å². The van der Waals surface area contributed by atoms with Crippen molar-refractivity contribution in [2.24, 2.45) is 0 Å². The second kappa shape index (κ2) is 10.7. The highest BCUT2D eigenvalue weighted by atomic mass is 16.5. The normalized spacial score (nSPS) is 18.6. The molecule has 0 saturated carbocycles. The SMILES string of the molecule is COc1ccccc1C(=O)Nc1cccc(N2CCC(N3CCC(O)(c4ccccn4)CC3)CC2)c1. The third kappa shape index (κ3) is 5.22. The predicted molar refractivity (Wildman–Crippen MR) is 142 cm³/mol. The van der Waals surface area contributed by atoms with E-state index < -0.39 is 5.60 Å². The molecule has 0 radical (unpaired) electrons. The van der Waals surface area contributed by atoms with E-state index in [-0.39, 0.29) is 5.91 Å². The van der Waals surface area contributed by atoms with Gasteiger partial charge in [0, 0.05) is 49.8 Å². The number of methoxy groups -OCH3 is 1. The number of hydrogen-bond donors (Lipinski definition) is 2. The van der Waals surface area contributed by atoms with Crippen molar-refractivity contribution in [2.45, 2.75) is 37.3 Å². The van der Waals surface area contributed by atoms with Gasteiger partial charge in [-0.25, -0.2) is 0 Å². The van der Waals surface area contributed by atoms with Crippen LogP contribution in [0.3, 0.4) is 0 Å². The number of nitrogens with zero attached hydrogens (tertiary/aromatic N) is 3. The van der Waals surface area contributed by atoms with Crippen molar-refractivity contribution >= 4 is 17.3 Å². The lowest BCUT2D eigenvalue weighted by molar-refractivity contribution is -0.0409. The fraction of sp³-hybridized carbons (Fsp3) is 0.379. The number of anilines is 2. The monoisotopic (exact) mass is 486 g/mol. The molecule has 3 aromatic rings. The van der Waals surface area contributed by atoms with Gasteiger partial charge in [-0.3, -0.25) is 9.78 Å². The summed E-state index contributed by atoms with van der Waals surface area (Å²) in [7, 11) is 1.57. The minimum Gasteiger partial charge on any atom is -0.496 e. The molecule has 2 N–H and O–H groups in total. The van der Waals surface area contributed by atoms with E-state index in [2.05, 4.69) is 26.2 Å². The van der Waals surface area contributed by atoms with E-state index in [1.54, 1.807) is 25.4 Å². The van der Waals surface area contributed by atoms with E-state index in [1.807, 2.05) is 48.5 Å². The Hall–Kier alpha value is -3.42. The highest BCUT2D eigenvalue weighted by Crippen LogP contribution is 2.34. The minimum absolute atomic E-state index is 0.181. The van der Waals surface area contributed by atoms with Crippen molar-refractivity contribution in [3.8, 4) is 5.75 Å². The van der Waals surface area contributed by atoms with Crippen LogP contribution in [0.2, 0.25) is 0 Å². The van der Waals surface area contributed by atoms with E-state index in [4.69, 9.17) is 4.74 Å². The van der Waals surface area contributed by atoms with E-state index >= 15 is 0 Å². The van der Waals surface area contributed by atoms with Gasteiger partial charge in [-0.15, -0.1) is 0 Å². The first-order chi connectivity index (χ1) is 17.6. The van der Waals surface area contributed by atoms with Gasteiger partial charge < -0.3 is 25.0 Å². The number of hydrogen-bond acceptors (Lipinski definition) is 6. The number of carbonyl (C=O) groups excluding carboxylic acids is 1. The van der Waals surface area contributed by atoms with Crippen molar-refractivity contribution in [2.75, 3.05) is 43.5 Å². The zero-order valence-corrected chi connectivity index (χ0v) is 20.8. The molecule has 0 aliphatic carbocycles. The highest BCUT2D eigenvalue weighted by Gasteiger charge is 2.37. The first-order valence-corrected chi connectivity index (χ1v) is 12.7. The number of carbonyl (C=O) groups is 1. The zero-order chi connectivity index (χ0) is 25.0. The maximum Gasteiger partial charge on any atom is 0.259 e. The maximum absolute atomic E-state index is 12.8. The Morgan fingerprint density at radius 3 is 2.47 bits per heavy atom. The molecule has 2 fully saturated rings. The van der Waals surface area contributed by atoms with E-state index in [1.165, 1.54) is 0 Å². The standard InChI is InChI=1S/C29H34N4O3/c1-36-26-10-3-2-9-25(26)28(34)31-22-7-6-8-24(21-22)32-17-12-23(13-18-32)33-19-14-29(35,15-20-33)27-11-4-5-16-30-27/h2-11,16,21,23,35H,12-15,17-20H2,1H3,(H,31,34). The number of piperidine rings is 2. The van der Waals surface area contributed by atoms with Gasteiger partial charge >= 0.3 is 0 Å². The van der Waals surface area contributed by atoms with Crippen LogP contribution in [0.15, 0.2) is 72.9 Å². The number of benzene rings is 2. The molecule has 0 atom stereocenters. The fourth-order valence-corrected chi connectivity index (χ4v) is 5.45. The quantitative estimate of drug-likeness (QED) is 0.541. The van der Waals surface area contributed by atoms with Crippen LogP contribution in [0.25, 0.3) is 0 Å². The van der Waals surface area contributed by atoms with Crippen LogP contribution in [0.5, 0.6) is 5.75 Å². The van der Waals surface area contributed by atoms with E-state index in [0.29, 0.717) is 17.4 Å². The van der Waals surface area contributed by atoms with E-state index in [9.17, 15) is 9.90 Å². The van der Waals surface area contributed by atoms with Gasteiger partial charge in [-0.2, -0.15) is 0 Å². The minimum atomic E-state index is -0.812. The Bertz CT molecular complexity index is 1170. The summed E-state index contributed by atoms with van der Waals surface area (Å²) in [6, 6.07) is 21.6. The van der Waals surface area contributed by atoms with Crippen molar-refractivity contribution in [3.05, 3.63) is 84.2 Å². The first kappa shape index (κ1) is 24.3. The molecule has 5 rings (SSSR count). The Morgan fingerprint density at radius 1 is 1.00 bits per heavy atom. The summed E-state index contributed by atoms with van der Waals surface area (Å²) in [5.41, 5.74) is 2.39. The van der Waals surface area contributed by atoms with Crippen LogP contribution in [0.1, 0.15) is 41.7 Å². The number of likely N-dealkylation sites (tertiary alicyclic amines) is 1. The molecule has 1 aromatic heterocycles. The third-order valence-electron chi connectivity index (χ3n) is 7.57. The lowest BCUT2D eigenvalue weighted by Crippen LogP contribution is -2.51. The van der Waals surface area contributed by atoms with Gasteiger partial charge in [-0.1, -0.05) is 24.3 Å².